The van der Waals surface area contributed by atoms with Gasteiger partial charge in [0.15, 0.2) is 0 Å². The van der Waals surface area contributed by atoms with Crippen LogP contribution in [0.1, 0.15) is 32.3 Å². The van der Waals surface area contributed by atoms with Gasteiger partial charge in [0.2, 0.25) is 0 Å². The summed E-state index contributed by atoms with van der Waals surface area (Å²) in [6.07, 6.45) is 1.25. The molecular formula is C13H18FNO2. The summed E-state index contributed by atoms with van der Waals surface area (Å²) in [6, 6.07) is 5.62. The molecular weight excluding hydrogens is 221 g/mol. The Kier molecular flexibility index (Phi) is 4.63. The molecule has 94 valence electrons. The molecule has 3 nitrogen and oxygen atoms in total. The van der Waals surface area contributed by atoms with Crippen molar-refractivity contribution in [2.24, 2.45) is 0 Å². The van der Waals surface area contributed by atoms with Gasteiger partial charge >= 0.3 is 5.97 Å². The second-order valence-electron chi connectivity index (χ2n) is 4.00. The second kappa shape index (κ2) is 5.77. The van der Waals surface area contributed by atoms with Crippen molar-refractivity contribution in [1.29, 1.82) is 0 Å². The summed E-state index contributed by atoms with van der Waals surface area (Å²) < 4.78 is 12.9. The number of benzene rings is 1. The smallest absolute Gasteiger partial charge is 0.328 e. The van der Waals surface area contributed by atoms with Gasteiger partial charge in [-0.3, -0.25) is 5.32 Å². The highest BCUT2D eigenvalue weighted by Crippen LogP contribution is 2.25. The highest BCUT2D eigenvalue weighted by molar-refractivity contribution is 5.80. The van der Waals surface area contributed by atoms with Crippen LogP contribution in [0.4, 0.5) is 4.39 Å². The van der Waals surface area contributed by atoms with E-state index in [1.807, 2.05) is 6.92 Å². The molecule has 0 aromatic heterocycles. The Labute approximate surface area is 101 Å². The van der Waals surface area contributed by atoms with Gasteiger partial charge in [-0.05, 0) is 37.1 Å². The van der Waals surface area contributed by atoms with E-state index in [9.17, 15) is 14.3 Å². The first-order chi connectivity index (χ1) is 8.06. The first kappa shape index (κ1) is 13.6. The van der Waals surface area contributed by atoms with E-state index in [1.54, 1.807) is 6.92 Å². The fourth-order valence-electron chi connectivity index (χ4n) is 1.85. The molecule has 0 saturated carbocycles. The molecule has 0 spiro atoms. The van der Waals surface area contributed by atoms with E-state index in [4.69, 9.17) is 0 Å². The number of hydrogen-bond acceptors (Lipinski definition) is 2. The Morgan fingerprint density at radius 1 is 1.35 bits per heavy atom. The predicted octanol–water partition coefficient (Wildman–Crippen LogP) is 2.52. The lowest BCUT2D eigenvalue weighted by Gasteiger charge is -2.30. The van der Waals surface area contributed by atoms with E-state index in [2.05, 4.69) is 5.32 Å². The van der Waals surface area contributed by atoms with Crippen molar-refractivity contribution >= 4 is 5.97 Å². The summed E-state index contributed by atoms with van der Waals surface area (Å²) in [7, 11) is 0. The Morgan fingerprint density at radius 2 is 1.94 bits per heavy atom. The van der Waals surface area contributed by atoms with Crippen LogP contribution in [0.3, 0.4) is 0 Å². The van der Waals surface area contributed by atoms with E-state index >= 15 is 0 Å². The molecule has 0 aliphatic rings. The largest absolute Gasteiger partial charge is 0.480 e. The third kappa shape index (κ3) is 2.82. The van der Waals surface area contributed by atoms with Crippen molar-refractivity contribution in [3.63, 3.8) is 0 Å². The summed E-state index contributed by atoms with van der Waals surface area (Å²) in [4.78, 5) is 11.5. The predicted molar refractivity (Wildman–Crippen MR) is 64.3 cm³/mol. The molecule has 0 fully saturated rings. The first-order valence-electron chi connectivity index (χ1n) is 5.81. The number of hydrogen-bond donors (Lipinski definition) is 2. The molecule has 2 N–H and O–H groups in total. The molecule has 4 heteroatoms. The average Bonchev–Trinajstić information content (AvgIpc) is 2.32. The van der Waals surface area contributed by atoms with Crippen LogP contribution < -0.4 is 5.32 Å². The van der Waals surface area contributed by atoms with Gasteiger partial charge in [0.25, 0.3) is 0 Å². The summed E-state index contributed by atoms with van der Waals surface area (Å²) in [5.41, 5.74) is -0.536. The van der Waals surface area contributed by atoms with Crippen molar-refractivity contribution < 1.29 is 14.3 Å². The third-order valence-corrected chi connectivity index (χ3v) is 2.91. The monoisotopic (exact) mass is 239 g/mol. The van der Waals surface area contributed by atoms with Gasteiger partial charge in [-0.1, -0.05) is 26.0 Å². The van der Waals surface area contributed by atoms with E-state index in [0.717, 1.165) is 6.42 Å². The summed E-state index contributed by atoms with van der Waals surface area (Å²) >= 11 is 0. The fraction of sp³-hybridized carbons (Fsp3) is 0.462. The fourth-order valence-corrected chi connectivity index (χ4v) is 1.85. The standard InChI is InChI=1S/C13H18FNO2/c1-3-9-15-13(4-2,12(16)17)10-5-7-11(14)8-6-10/h5-8,15H,3-4,9H2,1-2H3,(H,16,17). The van der Waals surface area contributed by atoms with Crippen molar-refractivity contribution in [2.75, 3.05) is 6.54 Å². The van der Waals surface area contributed by atoms with Gasteiger partial charge in [0.05, 0.1) is 0 Å². The molecule has 1 aromatic rings. The third-order valence-electron chi connectivity index (χ3n) is 2.91. The Hall–Kier alpha value is -1.42. The van der Waals surface area contributed by atoms with Crippen molar-refractivity contribution in [1.82, 2.24) is 5.32 Å². The number of rotatable bonds is 6. The summed E-state index contributed by atoms with van der Waals surface area (Å²) in [6.45, 7) is 4.39. The van der Waals surface area contributed by atoms with E-state index < -0.39 is 11.5 Å². The lowest BCUT2D eigenvalue weighted by Crippen LogP contribution is -2.49. The lowest BCUT2D eigenvalue weighted by atomic mass is 9.87. The van der Waals surface area contributed by atoms with Crippen molar-refractivity contribution in [3.05, 3.63) is 35.6 Å². The topological polar surface area (TPSA) is 49.3 Å². The van der Waals surface area contributed by atoms with Crippen LogP contribution in [0, 0.1) is 5.82 Å². The minimum absolute atomic E-state index is 0.361. The summed E-state index contributed by atoms with van der Waals surface area (Å²) in [5.74, 6) is -1.29. The highest BCUT2D eigenvalue weighted by Gasteiger charge is 2.37. The molecule has 0 bridgehead atoms. The number of carboxylic acids is 1. The van der Waals surface area contributed by atoms with E-state index in [0.29, 0.717) is 18.5 Å². The minimum atomic E-state index is -1.12. The van der Waals surface area contributed by atoms with Crippen LogP contribution in [-0.2, 0) is 10.3 Å². The Morgan fingerprint density at radius 3 is 2.35 bits per heavy atom. The molecule has 0 aliphatic heterocycles. The number of carboxylic acid groups (broad SMARTS) is 1. The van der Waals surface area contributed by atoms with Gasteiger partial charge in [0.1, 0.15) is 11.4 Å². The van der Waals surface area contributed by atoms with Crippen LogP contribution >= 0.6 is 0 Å². The lowest BCUT2D eigenvalue weighted by molar-refractivity contribution is -0.145. The first-order valence-corrected chi connectivity index (χ1v) is 5.81. The molecule has 1 rings (SSSR count). The van der Waals surface area contributed by atoms with Crippen LogP contribution in [-0.4, -0.2) is 17.6 Å². The van der Waals surface area contributed by atoms with E-state index in [1.165, 1.54) is 24.3 Å². The molecule has 0 amide bonds. The van der Waals surface area contributed by atoms with Crippen molar-refractivity contribution in [2.45, 2.75) is 32.2 Å². The molecule has 1 aromatic carbocycles. The quantitative estimate of drug-likeness (QED) is 0.802. The van der Waals surface area contributed by atoms with Gasteiger partial charge < -0.3 is 5.11 Å². The Bertz CT molecular complexity index is 378. The SMILES string of the molecule is CCCNC(CC)(C(=O)O)c1ccc(F)cc1. The Balaban J connectivity index is 3.12. The molecule has 0 heterocycles. The van der Waals surface area contributed by atoms with Crippen molar-refractivity contribution in [3.8, 4) is 0 Å². The number of aliphatic carboxylic acids is 1. The molecule has 17 heavy (non-hydrogen) atoms. The molecule has 0 saturated heterocycles. The zero-order chi connectivity index (χ0) is 12.9. The maximum Gasteiger partial charge on any atom is 0.328 e. The maximum absolute atomic E-state index is 12.9. The van der Waals surface area contributed by atoms with Crippen LogP contribution in [0.5, 0.6) is 0 Å². The van der Waals surface area contributed by atoms with Crippen LogP contribution in [0.2, 0.25) is 0 Å². The highest BCUT2D eigenvalue weighted by atomic mass is 19.1. The molecule has 0 radical (unpaired) electrons. The van der Waals surface area contributed by atoms with Gasteiger partial charge in [-0.25, -0.2) is 9.18 Å². The van der Waals surface area contributed by atoms with Crippen LogP contribution in [0.25, 0.3) is 0 Å². The zero-order valence-corrected chi connectivity index (χ0v) is 10.2. The van der Waals surface area contributed by atoms with Crippen LogP contribution in [0.15, 0.2) is 24.3 Å². The number of halogens is 1. The zero-order valence-electron chi connectivity index (χ0n) is 10.2. The van der Waals surface area contributed by atoms with E-state index in [-0.39, 0.29) is 5.82 Å². The van der Waals surface area contributed by atoms with Gasteiger partial charge in [-0.2, -0.15) is 0 Å². The summed E-state index contributed by atoms with van der Waals surface area (Å²) in [5, 5.41) is 12.5. The number of nitrogens with one attached hydrogen (secondary N) is 1. The second-order valence-corrected chi connectivity index (χ2v) is 4.00. The molecule has 1 atom stereocenters. The normalized spacial score (nSPS) is 14.3. The minimum Gasteiger partial charge on any atom is -0.480 e. The maximum atomic E-state index is 12.9. The van der Waals surface area contributed by atoms with Gasteiger partial charge in [-0.15, -0.1) is 0 Å². The molecule has 1 unspecified atom stereocenters. The number of carbonyl (C=O) groups is 1. The average molecular weight is 239 g/mol. The molecule has 0 aliphatic carbocycles. The van der Waals surface area contributed by atoms with Gasteiger partial charge in [0, 0.05) is 0 Å².